The Kier molecular flexibility index (Phi) is 1.97. The molecule has 0 radical (unpaired) electrons. The fourth-order valence-corrected chi connectivity index (χ4v) is 1.63. The molecule has 1 aromatic heterocycles. The van der Waals surface area contributed by atoms with Gasteiger partial charge in [0.25, 0.3) is 5.56 Å². The Bertz CT molecular complexity index is 560. The topological polar surface area (TPSA) is 48.0 Å². The zero-order valence-corrected chi connectivity index (χ0v) is 8.38. The van der Waals surface area contributed by atoms with Gasteiger partial charge in [0.1, 0.15) is 0 Å². The van der Waals surface area contributed by atoms with Crippen LogP contribution in [0.1, 0.15) is 0 Å². The van der Waals surface area contributed by atoms with E-state index >= 15 is 0 Å². The Morgan fingerprint density at radius 1 is 1.36 bits per heavy atom. The average molecular weight is 209 g/mol. The Labute approximate surface area is 85.7 Å². The van der Waals surface area contributed by atoms with Gasteiger partial charge in [0.15, 0.2) is 0 Å². The first-order valence-electron chi connectivity index (χ1n) is 4.14. The van der Waals surface area contributed by atoms with Crippen molar-refractivity contribution in [1.29, 1.82) is 0 Å². The van der Waals surface area contributed by atoms with Crippen molar-refractivity contribution < 1.29 is 0 Å². The van der Waals surface area contributed by atoms with Crippen molar-refractivity contribution in [3.63, 3.8) is 0 Å². The second-order valence-electron chi connectivity index (χ2n) is 3.17. The first-order valence-corrected chi connectivity index (χ1v) is 4.52. The molecule has 72 valence electrons. The zero-order valence-electron chi connectivity index (χ0n) is 7.62. The predicted molar refractivity (Wildman–Crippen MR) is 58.6 cm³/mol. The smallest absolute Gasteiger partial charge is 0.273 e. The SMILES string of the molecule is Cn1c(=O)c(N)cc2ccc(Cl)cc21. The normalized spacial score (nSPS) is 10.7. The molecule has 1 heterocycles. The molecule has 14 heavy (non-hydrogen) atoms. The molecule has 0 atom stereocenters. The van der Waals surface area contributed by atoms with E-state index in [1.807, 2.05) is 6.07 Å². The van der Waals surface area contributed by atoms with Crippen LogP contribution in [0.4, 0.5) is 5.69 Å². The average Bonchev–Trinajstić information content (AvgIpc) is 2.16. The lowest BCUT2D eigenvalue weighted by molar-refractivity contribution is 0.910. The molecular formula is C10H9ClN2O. The van der Waals surface area contributed by atoms with E-state index in [-0.39, 0.29) is 11.2 Å². The summed E-state index contributed by atoms with van der Waals surface area (Å²) in [6, 6.07) is 7.02. The van der Waals surface area contributed by atoms with Crippen molar-refractivity contribution in [2.75, 3.05) is 5.73 Å². The van der Waals surface area contributed by atoms with Crippen molar-refractivity contribution in [1.82, 2.24) is 4.57 Å². The lowest BCUT2D eigenvalue weighted by atomic mass is 10.2. The van der Waals surface area contributed by atoms with E-state index in [9.17, 15) is 4.79 Å². The number of nitrogens with two attached hydrogens (primary N) is 1. The molecule has 0 aliphatic carbocycles. The summed E-state index contributed by atoms with van der Waals surface area (Å²) in [4.78, 5) is 11.5. The van der Waals surface area contributed by atoms with E-state index in [1.165, 1.54) is 4.57 Å². The van der Waals surface area contributed by atoms with Gasteiger partial charge in [-0.15, -0.1) is 0 Å². The lowest BCUT2D eigenvalue weighted by Crippen LogP contribution is -2.20. The standard InChI is InChI=1S/C10H9ClN2O/c1-13-9-5-7(11)3-2-6(9)4-8(12)10(13)14/h2-5H,12H2,1H3. The number of rotatable bonds is 0. The summed E-state index contributed by atoms with van der Waals surface area (Å²) in [5.74, 6) is 0. The molecule has 1 aromatic carbocycles. The number of hydrogen-bond donors (Lipinski definition) is 1. The number of fused-ring (bicyclic) bond motifs is 1. The van der Waals surface area contributed by atoms with E-state index in [0.717, 1.165) is 10.9 Å². The van der Waals surface area contributed by atoms with Gasteiger partial charge in [-0.3, -0.25) is 4.79 Å². The van der Waals surface area contributed by atoms with Crippen LogP contribution in [0.25, 0.3) is 10.9 Å². The minimum atomic E-state index is -0.195. The summed E-state index contributed by atoms with van der Waals surface area (Å²) >= 11 is 5.84. The molecule has 0 saturated heterocycles. The van der Waals surface area contributed by atoms with Crippen LogP contribution in [-0.4, -0.2) is 4.57 Å². The molecule has 0 saturated carbocycles. The molecule has 3 nitrogen and oxygen atoms in total. The molecule has 0 aliphatic heterocycles. The maximum absolute atomic E-state index is 11.5. The van der Waals surface area contributed by atoms with Crippen LogP contribution < -0.4 is 11.3 Å². The third-order valence-electron chi connectivity index (χ3n) is 2.22. The number of aromatic nitrogens is 1. The minimum absolute atomic E-state index is 0.195. The lowest BCUT2D eigenvalue weighted by Gasteiger charge is -2.06. The summed E-state index contributed by atoms with van der Waals surface area (Å²) in [6.45, 7) is 0. The van der Waals surface area contributed by atoms with Gasteiger partial charge in [-0.05, 0) is 18.2 Å². The molecule has 0 spiro atoms. The molecule has 0 unspecified atom stereocenters. The fourth-order valence-electron chi connectivity index (χ4n) is 1.46. The van der Waals surface area contributed by atoms with E-state index in [0.29, 0.717) is 5.02 Å². The van der Waals surface area contributed by atoms with Gasteiger partial charge in [-0.2, -0.15) is 0 Å². The molecule has 0 amide bonds. The van der Waals surface area contributed by atoms with Gasteiger partial charge >= 0.3 is 0 Å². The number of benzene rings is 1. The second kappa shape index (κ2) is 3.03. The van der Waals surface area contributed by atoms with Crippen LogP contribution in [-0.2, 0) is 7.05 Å². The van der Waals surface area contributed by atoms with Crippen LogP contribution in [0, 0.1) is 0 Å². The minimum Gasteiger partial charge on any atom is -0.394 e. The number of aryl methyl sites for hydroxylation is 1. The Morgan fingerprint density at radius 3 is 2.79 bits per heavy atom. The van der Waals surface area contributed by atoms with Crippen LogP contribution in [0.15, 0.2) is 29.1 Å². The highest BCUT2D eigenvalue weighted by atomic mass is 35.5. The summed E-state index contributed by atoms with van der Waals surface area (Å²) in [6.07, 6.45) is 0. The highest BCUT2D eigenvalue weighted by molar-refractivity contribution is 6.31. The Morgan fingerprint density at radius 2 is 2.07 bits per heavy atom. The number of anilines is 1. The predicted octanol–water partition coefficient (Wildman–Crippen LogP) is 1.77. The van der Waals surface area contributed by atoms with Crippen molar-refractivity contribution in [3.05, 3.63) is 39.6 Å². The van der Waals surface area contributed by atoms with Crippen LogP contribution in [0.3, 0.4) is 0 Å². The maximum Gasteiger partial charge on any atom is 0.273 e. The first kappa shape index (κ1) is 9.09. The van der Waals surface area contributed by atoms with Gasteiger partial charge in [-0.1, -0.05) is 17.7 Å². The third-order valence-corrected chi connectivity index (χ3v) is 2.45. The number of nitrogen functional groups attached to an aromatic ring is 1. The summed E-state index contributed by atoms with van der Waals surface area (Å²) in [5, 5.41) is 1.52. The highest BCUT2D eigenvalue weighted by Crippen LogP contribution is 2.18. The number of pyridine rings is 1. The molecule has 0 bridgehead atoms. The fraction of sp³-hybridized carbons (Fsp3) is 0.100. The van der Waals surface area contributed by atoms with E-state index in [4.69, 9.17) is 17.3 Å². The summed E-state index contributed by atoms with van der Waals surface area (Å²) in [7, 11) is 1.68. The molecule has 2 N–H and O–H groups in total. The summed E-state index contributed by atoms with van der Waals surface area (Å²) < 4.78 is 1.50. The first-order chi connectivity index (χ1) is 6.59. The number of halogens is 1. The molecule has 0 fully saturated rings. The third kappa shape index (κ3) is 1.26. The molecule has 4 heteroatoms. The second-order valence-corrected chi connectivity index (χ2v) is 3.60. The van der Waals surface area contributed by atoms with Crippen LogP contribution in [0.5, 0.6) is 0 Å². The zero-order chi connectivity index (χ0) is 10.3. The van der Waals surface area contributed by atoms with Crippen molar-refractivity contribution in [3.8, 4) is 0 Å². The van der Waals surface area contributed by atoms with Crippen LogP contribution in [0.2, 0.25) is 5.02 Å². The van der Waals surface area contributed by atoms with E-state index < -0.39 is 0 Å². The van der Waals surface area contributed by atoms with Gasteiger partial charge in [0, 0.05) is 17.5 Å². The number of nitrogens with zero attached hydrogens (tertiary/aromatic N) is 1. The molecule has 0 aliphatic rings. The molecule has 2 aromatic rings. The van der Waals surface area contributed by atoms with Crippen molar-refractivity contribution in [2.24, 2.45) is 7.05 Å². The van der Waals surface area contributed by atoms with Gasteiger partial charge < -0.3 is 10.3 Å². The van der Waals surface area contributed by atoms with Gasteiger partial charge in [0.2, 0.25) is 0 Å². The molecule has 2 rings (SSSR count). The van der Waals surface area contributed by atoms with E-state index in [2.05, 4.69) is 0 Å². The quantitative estimate of drug-likeness (QED) is 0.718. The van der Waals surface area contributed by atoms with E-state index in [1.54, 1.807) is 25.2 Å². The monoisotopic (exact) mass is 208 g/mol. The Balaban J connectivity index is 2.99. The van der Waals surface area contributed by atoms with Crippen molar-refractivity contribution >= 4 is 28.2 Å². The van der Waals surface area contributed by atoms with Crippen LogP contribution >= 0.6 is 11.6 Å². The van der Waals surface area contributed by atoms with Crippen molar-refractivity contribution in [2.45, 2.75) is 0 Å². The van der Waals surface area contributed by atoms with Gasteiger partial charge in [0.05, 0.1) is 11.2 Å². The Hall–Kier alpha value is -1.48. The number of hydrogen-bond acceptors (Lipinski definition) is 2. The summed E-state index contributed by atoms with van der Waals surface area (Å²) in [5.41, 5.74) is 6.40. The maximum atomic E-state index is 11.5. The van der Waals surface area contributed by atoms with Gasteiger partial charge in [-0.25, -0.2) is 0 Å². The largest absolute Gasteiger partial charge is 0.394 e. The highest BCUT2D eigenvalue weighted by Gasteiger charge is 2.03. The molecular weight excluding hydrogens is 200 g/mol.